The Morgan fingerprint density at radius 2 is 1.70 bits per heavy atom. The summed E-state index contributed by atoms with van der Waals surface area (Å²) in [5.41, 5.74) is 6.55. The van der Waals surface area contributed by atoms with Gasteiger partial charge in [0, 0.05) is 44.0 Å². The highest BCUT2D eigenvalue weighted by Crippen LogP contribution is 2.49. The van der Waals surface area contributed by atoms with Gasteiger partial charge in [-0.3, -0.25) is 4.90 Å². The van der Waals surface area contributed by atoms with Crippen molar-refractivity contribution in [2.45, 2.75) is 60.3 Å². The molecule has 1 aromatic rings. The number of nitrogens with zero attached hydrogens (tertiary/aromatic N) is 2. The van der Waals surface area contributed by atoms with Gasteiger partial charge in [-0.2, -0.15) is 0 Å². The van der Waals surface area contributed by atoms with Crippen LogP contribution in [-0.4, -0.2) is 37.6 Å². The van der Waals surface area contributed by atoms with Crippen LogP contribution in [0.3, 0.4) is 0 Å². The van der Waals surface area contributed by atoms with Crippen LogP contribution in [0.15, 0.2) is 24.3 Å². The molecule has 0 amide bonds. The Balaban J connectivity index is 1.59. The minimum absolute atomic E-state index is 0.279. The van der Waals surface area contributed by atoms with E-state index in [1.807, 2.05) is 0 Å². The zero-order valence-corrected chi connectivity index (χ0v) is 18.1. The van der Waals surface area contributed by atoms with Crippen LogP contribution >= 0.6 is 0 Å². The highest BCUT2D eigenvalue weighted by atomic mass is 15.3. The van der Waals surface area contributed by atoms with E-state index in [1.165, 1.54) is 75.2 Å². The molecule has 3 aliphatic rings. The van der Waals surface area contributed by atoms with Gasteiger partial charge in [-0.1, -0.05) is 45.4 Å². The van der Waals surface area contributed by atoms with Crippen molar-refractivity contribution in [3.8, 4) is 0 Å². The van der Waals surface area contributed by atoms with E-state index in [-0.39, 0.29) is 5.41 Å². The quantitative estimate of drug-likeness (QED) is 0.669. The highest BCUT2D eigenvalue weighted by Gasteiger charge is 2.34. The third-order valence-electron chi connectivity index (χ3n) is 6.59. The zero-order valence-electron chi connectivity index (χ0n) is 18.1. The van der Waals surface area contributed by atoms with E-state index in [1.54, 1.807) is 5.57 Å². The molecule has 0 spiro atoms. The van der Waals surface area contributed by atoms with E-state index in [9.17, 15) is 0 Å². The maximum Gasteiger partial charge on any atom is 0.0443 e. The third kappa shape index (κ3) is 4.59. The van der Waals surface area contributed by atoms with Gasteiger partial charge in [0.15, 0.2) is 0 Å². The average molecular weight is 367 g/mol. The molecule has 1 aliphatic heterocycles. The van der Waals surface area contributed by atoms with Crippen molar-refractivity contribution in [2.75, 3.05) is 37.6 Å². The predicted octanol–water partition coefficient (Wildman–Crippen LogP) is 5.76. The van der Waals surface area contributed by atoms with Crippen molar-refractivity contribution in [1.82, 2.24) is 4.90 Å². The van der Waals surface area contributed by atoms with E-state index in [0.717, 1.165) is 5.92 Å². The van der Waals surface area contributed by atoms with Crippen molar-refractivity contribution < 1.29 is 0 Å². The molecule has 148 valence electrons. The minimum atomic E-state index is 0.279. The molecular formula is C25H38N2. The normalized spacial score (nSPS) is 25.4. The molecule has 0 N–H and O–H groups in total. The van der Waals surface area contributed by atoms with Crippen LogP contribution in [0.2, 0.25) is 0 Å². The smallest absolute Gasteiger partial charge is 0.0443 e. The molecule has 1 saturated carbocycles. The summed E-state index contributed by atoms with van der Waals surface area (Å²) < 4.78 is 0. The number of piperazine rings is 1. The second kappa shape index (κ2) is 6.95. The second-order valence-electron chi connectivity index (χ2n) is 10.9. The number of allylic oxidation sites excluding steroid dienone is 2. The summed E-state index contributed by atoms with van der Waals surface area (Å²) in [4.78, 5) is 5.34. The van der Waals surface area contributed by atoms with Gasteiger partial charge < -0.3 is 4.90 Å². The van der Waals surface area contributed by atoms with E-state index in [2.05, 4.69) is 68.7 Å². The van der Waals surface area contributed by atoms with Crippen LogP contribution in [-0.2, 0) is 0 Å². The van der Waals surface area contributed by atoms with Crippen molar-refractivity contribution in [2.24, 2.45) is 16.7 Å². The van der Waals surface area contributed by atoms with Crippen LogP contribution in [0.5, 0.6) is 0 Å². The number of rotatable bonds is 4. The first-order valence-corrected chi connectivity index (χ1v) is 11.0. The van der Waals surface area contributed by atoms with Gasteiger partial charge in [0.05, 0.1) is 0 Å². The van der Waals surface area contributed by atoms with E-state index in [0.29, 0.717) is 5.41 Å². The Kier molecular flexibility index (Phi) is 4.91. The highest BCUT2D eigenvalue weighted by molar-refractivity contribution is 5.79. The summed E-state index contributed by atoms with van der Waals surface area (Å²) >= 11 is 0. The first-order chi connectivity index (χ1) is 12.7. The van der Waals surface area contributed by atoms with Crippen molar-refractivity contribution in [1.29, 1.82) is 0 Å². The maximum absolute atomic E-state index is 2.69. The number of anilines is 1. The summed E-state index contributed by atoms with van der Waals surface area (Å²) in [5, 5.41) is 0. The van der Waals surface area contributed by atoms with Gasteiger partial charge in [0.1, 0.15) is 0 Å². The van der Waals surface area contributed by atoms with Gasteiger partial charge >= 0.3 is 0 Å². The molecule has 2 nitrogen and oxygen atoms in total. The SMILES string of the molecule is Cc1ccc(N2CCN(CC3CC3)CC2)c(C2=CC(C)(C)CC(C)(C)C2)c1. The van der Waals surface area contributed by atoms with E-state index < -0.39 is 0 Å². The fraction of sp³-hybridized carbons (Fsp3) is 0.680. The molecule has 0 bridgehead atoms. The molecule has 2 heteroatoms. The van der Waals surface area contributed by atoms with Crippen molar-refractivity contribution >= 4 is 11.3 Å². The van der Waals surface area contributed by atoms with Crippen LogP contribution in [0, 0.1) is 23.7 Å². The molecule has 1 heterocycles. The molecule has 1 saturated heterocycles. The number of benzene rings is 1. The Labute approximate surface area is 166 Å². The Bertz CT molecular complexity index is 716. The summed E-state index contributed by atoms with van der Waals surface area (Å²) in [7, 11) is 0. The largest absolute Gasteiger partial charge is 0.368 e. The fourth-order valence-electron chi connectivity index (χ4n) is 5.58. The van der Waals surface area contributed by atoms with Gasteiger partial charge in [0.25, 0.3) is 0 Å². The van der Waals surface area contributed by atoms with Gasteiger partial charge in [0.2, 0.25) is 0 Å². The standard InChI is InChI=1S/C25H38N2/c1-19-6-9-23(27-12-10-26(11-13-27)17-20-7-8-20)22(14-19)21-15-24(2,3)18-25(4,5)16-21/h6,9,14-15,20H,7-8,10-13,16-18H2,1-5H3. The summed E-state index contributed by atoms with van der Waals surface area (Å²) in [6.45, 7) is 18.0. The number of hydrogen-bond acceptors (Lipinski definition) is 2. The molecule has 4 rings (SSSR count). The Morgan fingerprint density at radius 1 is 1.00 bits per heavy atom. The second-order valence-corrected chi connectivity index (χ2v) is 10.9. The molecule has 2 aliphatic carbocycles. The molecule has 0 atom stereocenters. The monoisotopic (exact) mass is 366 g/mol. The Hall–Kier alpha value is -1.28. The van der Waals surface area contributed by atoms with Gasteiger partial charge in [-0.25, -0.2) is 0 Å². The first-order valence-electron chi connectivity index (χ1n) is 11.0. The third-order valence-corrected chi connectivity index (χ3v) is 6.59. The van der Waals surface area contributed by atoms with Crippen molar-refractivity contribution in [3.63, 3.8) is 0 Å². The molecule has 1 aromatic carbocycles. The minimum Gasteiger partial charge on any atom is -0.368 e. The van der Waals surface area contributed by atoms with Gasteiger partial charge in [-0.15, -0.1) is 0 Å². The molecule has 0 radical (unpaired) electrons. The molecular weight excluding hydrogens is 328 g/mol. The lowest BCUT2D eigenvalue weighted by molar-refractivity contribution is 0.228. The lowest BCUT2D eigenvalue weighted by Crippen LogP contribution is -2.47. The zero-order chi connectivity index (χ0) is 19.2. The fourth-order valence-corrected chi connectivity index (χ4v) is 5.58. The molecule has 27 heavy (non-hydrogen) atoms. The summed E-state index contributed by atoms with van der Waals surface area (Å²) in [6.07, 6.45) is 7.95. The Morgan fingerprint density at radius 3 is 2.33 bits per heavy atom. The number of hydrogen-bond donors (Lipinski definition) is 0. The van der Waals surface area contributed by atoms with Crippen LogP contribution in [0.25, 0.3) is 5.57 Å². The molecule has 0 aromatic heterocycles. The number of aryl methyl sites for hydroxylation is 1. The summed E-state index contributed by atoms with van der Waals surface area (Å²) in [6, 6.07) is 7.13. The van der Waals surface area contributed by atoms with E-state index in [4.69, 9.17) is 0 Å². The average Bonchev–Trinajstić information content (AvgIpc) is 3.37. The van der Waals surface area contributed by atoms with Crippen LogP contribution in [0.1, 0.15) is 64.5 Å². The van der Waals surface area contributed by atoms with Crippen LogP contribution < -0.4 is 4.90 Å². The van der Waals surface area contributed by atoms with Gasteiger partial charge in [-0.05, 0) is 67.1 Å². The maximum atomic E-state index is 2.69. The van der Waals surface area contributed by atoms with Crippen LogP contribution in [0.4, 0.5) is 5.69 Å². The lowest BCUT2D eigenvalue weighted by Gasteiger charge is -2.41. The van der Waals surface area contributed by atoms with Crippen molar-refractivity contribution in [3.05, 3.63) is 35.4 Å². The summed E-state index contributed by atoms with van der Waals surface area (Å²) in [5.74, 6) is 1.00. The predicted molar refractivity (Wildman–Crippen MR) is 117 cm³/mol. The molecule has 0 unspecified atom stereocenters. The lowest BCUT2D eigenvalue weighted by atomic mass is 9.65. The first kappa shape index (κ1) is 19.1. The topological polar surface area (TPSA) is 6.48 Å². The van der Waals surface area contributed by atoms with E-state index >= 15 is 0 Å². The molecule has 2 fully saturated rings.